The molecule has 0 fully saturated rings. The smallest absolute Gasteiger partial charge is 0.275 e. The van der Waals surface area contributed by atoms with E-state index in [1.807, 2.05) is 0 Å². The number of benzene rings is 2. The third kappa shape index (κ3) is 5.29. The Morgan fingerprint density at radius 3 is 2.78 bits per heavy atom. The topological polar surface area (TPSA) is 103 Å². The van der Waals surface area contributed by atoms with Gasteiger partial charge in [0.15, 0.2) is 0 Å². The molecule has 8 nitrogen and oxygen atoms in total. The second kappa shape index (κ2) is 9.35. The van der Waals surface area contributed by atoms with Crippen molar-refractivity contribution < 1.29 is 19.2 Å². The molecule has 0 atom stereocenters. The fourth-order valence-corrected chi connectivity index (χ4v) is 2.44. The molecule has 1 N–H and O–H groups in total. The number of methoxy groups -OCH3 is 1. The van der Waals surface area contributed by atoms with Crippen LogP contribution in [0.1, 0.15) is 15.9 Å². The largest absolute Gasteiger partial charge is 0.496 e. The van der Waals surface area contributed by atoms with Gasteiger partial charge in [-0.3, -0.25) is 14.9 Å². The Hall–Kier alpha value is -3.38. The number of nitrogens with zero attached hydrogens (tertiary/aromatic N) is 2. The van der Waals surface area contributed by atoms with Gasteiger partial charge in [-0.2, -0.15) is 5.10 Å². The molecule has 0 radical (unpaired) electrons. The van der Waals surface area contributed by atoms with E-state index in [1.165, 1.54) is 31.5 Å². The van der Waals surface area contributed by atoms with Crippen LogP contribution in [0, 0.1) is 22.5 Å². The number of rotatable bonds is 7. The van der Waals surface area contributed by atoms with Crippen LogP contribution in [0.5, 0.6) is 11.5 Å². The van der Waals surface area contributed by atoms with E-state index in [-0.39, 0.29) is 17.9 Å². The Kier molecular flexibility index (Phi) is 6.91. The summed E-state index contributed by atoms with van der Waals surface area (Å²) in [6, 6.07) is 8.91. The first-order chi connectivity index (χ1) is 13.0. The lowest BCUT2D eigenvalue weighted by Crippen LogP contribution is -2.18. The first-order valence-corrected chi connectivity index (χ1v) is 8.27. The van der Waals surface area contributed by atoms with Crippen molar-refractivity contribution >= 4 is 33.7 Å². The van der Waals surface area contributed by atoms with Crippen molar-refractivity contribution in [2.75, 3.05) is 13.7 Å². The Bertz CT molecular complexity index is 937. The zero-order valence-electron chi connectivity index (χ0n) is 14.1. The van der Waals surface area contributed by atoms with Crippen molar-refractivity contribution in [2.24, 2.45) is 5.10 Å². The number of ether oxygens (including phenoxy) is 2. The SMILES string of the molecule is C#CCOc1ccc([N+](=O)[O-])cc1/C=N\NC(=O)c1cc(Br)ccc1OC. The van der Waals surface area contributed by atoms with Crippen LogP contribution in [0.15, 0.2) is 46.0 Å². The van der Waals surface area contributed by atoms with Crippen molar-refractivity contribution in [3.05, 3.63) is 62.1 Å². The van der Waals surface area contributed by atoms with Gasteiger partial charge in [0.25, 0.3) is 11.6 Å². The molecule has 0 saturated heterocycles. The van der Waals surface area contributed by atoms with Crippen molar-refractivity contribution in [1.82, 2.24) is 5.43 Å². The minimum absolute atomic E-state index is 0.0136. The lowest BCUT2D eigenvalue weighted by atomic mass is 10.2. The molecule has 9 heteroatoms. The Balaban J connectivity index is 2.23. The number of non-ortho nitro benzene ring substituents is 1. The monoisotopic (exact) mass is 431 g/mol. The van der Waals surface area contributed by atoms with Crippen LogP contribution in [0.25, 0.3) is 0 Å². The molecule has 0 heterocycles. The lowest BCUT2D eigenvalue weighted by molar-refractivity contribution is -0.384. The summed E-state index contributed by atoms with van der Waals surface area (Å²) in [7, 11) is 1.45. The van der Waals surface area contributed by atoms with Gasteiger partial charge in [0.1, 0.15) is 18.1 Å². The maximum atomic E-state index is 12.3. The Morgan fingerprint density at radius 1 is 1.37 bits per heavy atom. The average molecular weight is 432 g/mol. The van der Waals surface area contributed by atoms with Crippen molar-refractivity contribution in [1.29, 1.82) is 0 Å². The molecule has 2 aromatic carbocycles. The Morgan fingerprint density at radius 2 is 2.11 bits per heavy atom. The molecular formula is C18H14BrN3O5. The van der Waals surface area contributed by atoms with Crippen LogP contribution in [0.2, 0.25) is 0 Å². The van der Waals surface area contributed by atoms with Gasteiger partial charge in [-0.05, 0) is 24.3 Å². The van der Waals surface area contributed by atoms with Crippen LogP contribution in [0.3, 0.4) is 0 Å². The highest BCUT2D eigenvalue weighted by Crippen LogP contribution is 2.24. The predicted molar refractivity (Wildman–Crippen MR) is 103 cm³/mol. The van der Waals surface area contributed by atoms with Gasteiger partial charge in [-0.15, -0.1) is 6.42 Å². The number of nitro groups is 1. The summed E-state index contributed by atoms with van der Waals surface area (Å²) in [4.78, 5) is 22.7. The van der Waals surface area contributed by atoms with Crippen molar-refractivity contribution in [3.8, 4) is 23.8 Å². The van der Waals surface area contributed by atoms with Gasteiger partial charge in [-0.1, -0.05) is 21.9 Å². The number of amides is 1. The fourth-order valence-electron chi connectivity index (χ4n) is 2.08. The van der Waals surface area contributed by atoms with E-state index in [1.54, 1.807) is 18.2 Å². The minimum atomic E-state index is -0.548. The van der Waals surface area contributed by atoms with Gasteiger partial charge in [-0.25, -0.2) is 5.43 Å². The van der Waals surface area contributed by atoms with E-state index in [0.717, 1.165) is 0 Å². The summed E-state index contributed by atoms with van der Waals surface area (Å²) in [5, 5.41) is 14.8. The van der Waals surface area contributed by atoms with E-state index < -0.39 is 10.8 Å². The van der Waals surface area contributed by atoms with Crippen molar-refractivity contribution in [2.45, 2.75) is 0 Å². The average Bonchev–Trinajstić information content (AvgIpc) is 2.66. The standard InChI is InChI=1S/C18H14BrN3O5/c1-3-8-27-16-7-5-14(22(24)25)9-12(16)11-20-21-18(23)15-10-13(19)4-6-17(15)26-2/h1,4-7,9-11H,8H2,2H3,(H,21,23)/b20-11-. The number of hydrogen-bond acceptors (Lipinski definition) is 6. The molecule has 1 amide bonds. The Labute approximate surface area is 163 Å². The molecule has 0 aliphatic rings. The maximum absolute atomic E-state index is 12.3. The van der Waals surface area contributed by atoms with E-state index >= 15 is 0 Å². The van der Waals surface area contributed by atoms with E-state index in [2.05, 4.69) is 32.4 Å². The maximum Gasteiger partial charge on any atom is 0.275 e. The highest BCUT2D eigenvalue weighted by Gasteiger charge is 2.13. The number of hydrogen-bond donors (Lipinski definition) is 1. The highest BCUT2D eigenvalue weighted by atomic mass is 79.9. The van der Waals surface area contributed by atoms with E-state index in [9.17, 15) is 14.9 Å². The number of hydrazone groups is 1. The summed E-state index contributed by atoms with van der Waals surface area (Å²) in [5.74, 6) is 2.47. The molecule has 2 aromatic rings. The predicted octanol–water partition coefficient (Wildman–Crippen LogP) is 3.14. The number of nitrogens with one attached hydrogen (secondary N) is 1. The van der Waals surface area contributed by atoms with Crippen LogP contribution in [-0.2, 0) is 0 Å². The van der Waals surface area contributed by atoms with Crippen LogP contribution < -0.4 is 14.9 Å². The number of nitro benzene ring substituents is 1. The molecule has 27 heavy (non-hydrogen) atoms. The van der Waals surface area contributed by atoms with Crippen LogP contribution >= 0.6 is 15.9 Å². The number of carbonyl (C=O) groups excluding carboxylic acids is 1. The van der Waals surface area contributed by atoms with Gasteiger partial charge in [0.05, 0.1) is 23.8 Å². The van der Waals surface area contributed by atoms with Crippen LogP contribution in [0.4, 0.5) is 5.69 Å². The molecule has 0 aliphatic carbocycles. The fraction of sp³-hybridized carbons (Fsp3) is 0.111. The van der Waals surface area contributed by atoms with E-state index in [4.69, 9.17) is 15.9 Å². The van der Waals surface area contributed by atoms with Gasteiger partial charge >= 0.3 is 0 Å². The zero-order valence-corrected chi connectivity index (χ0v) is 15.7. The third-order valence-corrected chi connectivity index (χ3v) is 3.78. The minimum Gasteiger partial charge on any atom is -0.496 e. The van der Waals surface area contributed by atoms with Gasteiger partial charge in [0.2, 0.25) is 0 Å². The summed E-state index contributed by atoms with van der Waals surface area (Å²) < 4.78 is 11.2. The second-order valence-corrected chi connectivity index (χ2v) is 5.93. The number of terminal acetylenes is 1. The molecule has 0 spiro atoms. The molecule has 0 aromatic heterocycles. The molecule has 2 rings (SSSR count). The van der Waals surface area contributed by atoms with E-state index in [0.29, 0.717) is 21.5 Å². The molecular weight excluding hydrogens is 418 g/mol. The zero-order chi connectivity index (χ0) is 19.8. The molecule has 138 valence electrons. The van der Waals surface area contributed by atoms with Crippen molar-refractivity contribution in [3.63, 3.8) is 0 Å². The van der Waals surface area contributed by atoms with Gasteiger partial charge < -0.3 is 9.47 Å². The quantitative estimate of drug-likeness (QED) is 0.314. The highest BCUT2D eigenvalue weighted by molar-refractivity contribution is 9.10. The number of carbonyl (C=O) groups is 1. The van der Waals surface area contributed by atoms with Gasteiger partial charge in [0, 0.05) is 22.2 Å². The molecule has 0 saturated carbocycles. The summed E-state index contributed by atoms with van der Waals surface area (Å²) in [6.07, 6.45) is 6.40. The summed E-state index contributed by atoms with van der Waals surface area (Å²) >= 11 is 3.28. The first kappa shape index (κ1) is 19.9. The third-order valence-electron chi connectivity index (χ3n) is 3.29. The lowest BCUT2D eigenvalue weighted by Gasteiger charge is -2.08. The molecule has 0 bridgehead atoms. The summed E-state index contributed by atoms with van der Waals surface area (Å²) in [5.41, 5.74) is 2.76. The first-order valence-electron chi connectivity index (χ1n) is 7.48. The number of halogens is 1. The normalized spacial score (nSPS) is 10.3. The molecule has 0 aliphatic heterocycles. The second-order valence-electron chi connectivity index (χ2n) is 5.02. The molecule has 0 unspecified atom stereocenters. The van der Waals surface area contributed by atoms with Crippen LogP contribution in [-0.4, -0.2) is 30.8 Å². The summed E-state index contributed by atoms with van der Waals surface area (Å²) in [6.45, 7) is -0.0136.